The van der Waals surface area contributed by atoms with E-state index in [2.05, 4.69) is 23.3 Å². The monoisotopic (exact) mass is 343 g/mol. The SMILES string of the molecule is C.CCC.COC.COC(=O)CC[C@H](CN)c1ccc(OC)cc1. The molecule has 0 heterocycles. The van der Waals surface area contributed by atoms with Crippen LogP contribution in [-0.4, -0.2) is 41.0 Å². The highest BCUT2D eigenvalue weighted by Gasteiger charge is 2.12. The molecular weight excluding hydrogens is 306 g/mol. The number of methoxy groups -OCH3 is 3. The summed E-state index contributed by atoms with van der Waals surface area (Å²) < 4.78 is 14.0. The molecule has 2 N–H and O–H groups in total. The third kappa shape index (κ3) is 14.0. The van der Waals surface area contributed by atoms with Crippen LogP contribution in [0.1, 0.15) is 52.0 Å². The highest BCUT2D eigenvalue weighted by atomic mass is 16.5. The largest absolute Gasteiger partial charge is 0.497 e. The first-order chi connectivity index (χ1) is 11.0. The van der Waals surface area contributed by atoms with E-state index in [1.54, 1.807) is 21.3 Å². The lowest BCUT2D eigenvalue weighted by Crippen LogP contribution is -2.14. The quantitative estimate of drug-likeness (QED) is 0.790. The zero-order valence-corrected chi connectivity index (χ0v) is 15.4. The minimum absolute atomic E-state index is 0. The van der Waals surface area contributed by atoms with Crippen molar-refractivity contribution < 1.29 is 19.0 Å². The van der Waals surface area contributed by atoms with Crippen molar-refractivity contribution in [2.75, 3.05) is 35.0 Å². The van der Waals surface area contributed by atoms with Crippen molar-refractivity contribution in [2.24, 2.45) is 5.73 Å². The molecule has 0 radical (unpaired) electrons. The number of hydrogen-bond acceptors (Lipinski definition) is 5. The second-order valence-corrected chi connectivity index (χ2v) is 4.94. The number of benzene rings is 1. The maximum absolute atomic E-state index is 11.1. The van der Waals surface area contributed by atoms with Crippen LogP contribution in [0, 0.1) is 0 Å². The molecular formula is C19H37NO4. The molecule has 5 nitrogen and oxygen atoms in total. The molecule has 0 aliphatic rings. The average Bonchev–Trinajstić information content (AvgIpc) is 2.57. The number of carbonyl (C=O) groups excluding carboxylic acids is 1. The van der Waals surface area contributed by atoms with Crippen molar-refractivity contribution in [3.63, 3.8) is 0 Å². The molecule has 0 unspecified atom stereocenters. The maximum Gasteiger partial charge on any atom is 0.305 e. The highest BCUT2D eigenvalue weighted by Crippen LogP contribution is 2.22. The molecule has 0 saturated carbocycles. The number of hydrogen-bond donors (Lipinski definition) is 1. The first-order valence-corrected chi connectivity index (χ1v) is 7.85. The third-order valence-corrected chi connectivity index (χ3v) is 2.80. The van der Waals surface area contributed by atoms with Crippen molar-refractivity contribution in [3.05, 3.63) is 29.8 Å². The van der Waals surface area contributed by atoms with E-state index in [0.29, 0.717) is 19.4 Å². The molecule has 0 fully saturated rings. The van der Waals surface area contributed by atoms with Crippen LogP contribution in [0.3, 0.4) is 0 Å². The molecule has 0 saturated heterocycles. The molecule has 5 heteroatoms. The highest BCUT2D eigenvalue weighted by molar-refractivity contribution is 5.69. The normalized spacial score (nSPS) is 9.96. The van der Waals surface area contributed by atoms with Crippen molar-refractivity contribution in [3.8, 4) is 5.75 Å². The van der Waals surface area contributed by atoms with Crippen LogP contribution < -0.4 is 10.5 Å². The van der Waals surface area contributed by atoms with Crippen LogP contribution in [0.2, 0.25) is 0 Å². The zero-order valence-electron chi connectivity index (χ0n) is 15.4. The molecule has 1 aromatic carbocycles. The molecule has 0 aromatic heterocycles. The van der Waals surface area contributed by atoms with E-state index < -0.39 is 0 Å². The summed E-state index contributed by atoms with van der Waals surface area (Å²) in [5.41, 5.74) is 6.84. The van der Waals surface area contributed by atoms with Crippen LogP contribution in [0.25, 0.3) is 0 Å². The summed E-state index contributed by atoms with van der Waals surface area (Å²) >= 11 is 0. The summed E-state index contributed by atoms with van der Waals surface area (Å²) in [6, 6.07) is 7.76. The smallest absolute Gasteiger partial charge is 0.305 e. The van der Waals surface area contributed by atoms with Gasteiger partial charge in [-0.05, 0) is 36.6 Å². The molecule has 1 rings (SSSR count). The lowest BCUT2D eigenvalue weighted by molar-refractivity contribution is -0.140. The number of ether oxygens (including phenoxy) is 3. The van der Waals surface area contributed by atoms with Gasteiger partial charge >= 0.3 is 5.97 Å². The molecule has 0 spiro atoms. The average molecular weight is 344 g/mol. The fourth-order valence-electron chi connectivity index (χ4n) is 1.69. The fourth-order valence-corrected chi connectivity index (χ4v) is 1.69. The molecule has 142 valence electrons. The molecule has 0 aliphatic carbocycles. The van der Waals surface area contributed by atoms with Gasteiger partial charge in [0.1, 0.15) is 5.75 Å². The zero-order chi connectivity index (χ0) is 18.1. The lowest BCUT2D eigenvalue weighted by Gasteiger charge is -2.14. The third-order valence-electron chi connectivity index (χ3n) is 2.80. The van der Waals surface area contributed by atoms with Gasteiger partial charge in [0.05, 0.1) is 14.2 Å². The minimum Gasteiger partial charge on any atom is -0.497 e. The van der Waals surface area contributed by atoms with Gasteiger partial charge in [0.25, 0.3) is 0 Å². The van der Waals surface area contributed by atoms with Gasteiger partial charge in [-0.15, -0.1) is 0 Å². The van der Waals surface area contributed by atoms with E-state index in [-0.39, 0.29) is 19.3 Å². The summed E-state index contributed by atoms with van der Waals surface area (Å²) in [6.07, 6.45) is 2.35. The molecule has 1 atom stereocenters. The van der Waals surface area contributed by atoms with Crippen molar-refractivity contribution in [2.45, 2.75) is 46.5 Å². The Labute approximate surface area is 148 Å². The molecule has 1 aromatic rings. The Morgan fingerprint density at radius 2 is 1.54 bits per heavy atom. The molecule has 0 bridgehead atoms. The summed E-state index contributed by atoms with van der Waals surface area (Å²) in [5.74, 6) is 0.800. The Morgan fingerprint density at radius 3 is 1.88 bits per heavy atom. The Morgan fingerprint density at radius 1 is 1.08 bits per heavy atom. The van der Waals surface area contributed by atoms with Gasteiger partial charge in [-0.3, -0.25) is 4.79 Å². The standard InChI is InChI=1S/C13H19NO3.C3H8.C2H6O.CH4/c1-16-12-6-3-10(4-7-12)11(9-14)5-8-13(15)17-2;2*1-3-2;/h3-4,6-7,11H,5,8-9,14H2,1-2H3;3H2,1-2H3;1-2H3;1H4/t11-;;;/m1.../s1. The Bertz CT molecular complexity index is 377. The van der Waals surface area contributed by atoms with Gasteiger partial charge in [0.2, 0.25) is 0 Å². The number of rotatable bonds is 6. The summed E-state index contributed by atoms with van der Waals surface area (Å²) in [5, 5.41) is 0. The van der Waals surface area contributed by atoms with Crippen molar-refractivity contribution >= 4 is 5.97 Å². The topological polar surface area (TPSA) is 70.8 Å². The second kappa shape index (κ2) is 19.5. The Kier molecular flexibility index (Phi) is 22.1. The van der Waals surface area contributed by atoms with Gasteiger partial charge in [-0.25, -0.2) is 0 Å². The number of esters is 1. The predicted molar refractivity (Wildman–Crippen MR) is 102 cm³/mol. The minimum atomic E-state index is -0.197. The summed E-state index contributed by atoms with van der Waals surface area (Å²) in [4.78, 5) is 11.1. The van der Waals surface area contributed by atoms with Crippen LogP contribution in [0.5, 0.6) is 5.75 Å². The summed E-state index contributed by atoms with van der Waals surface area (Å²) in [7, 11) is 6.28. The molecule has 0 amide bonds. The first kappa shape index (κ1) is 27.3. The van der Waals surface area contributed by atoms with Gasteiger partial charge < -0.3 is 19.9 Å². The van der Waals surface area contributed by atoms with Gasteiger partial charge in [0, 0.05) is 20.6 Å². The van der Waals surface area contributed by atoms with Crippen molar-refractivity contribution in [1.82, 2.24) is 0 Å². The maximum atomic E-state index is 11.1. The van der Waals surface area contributed by atoms with Crippen LogP contribution in [-0.2, 0) is 14.3 Å². The van der Waals surface area contributed by atoms with Crippen LogP contribution >= 0.6 is 0 Å². The molecule has 0 aliphatic heterocycles. The predicted octanol–water partition coefficient (Wildman–Crippen LogP) is 4.01. The fraction of sp³-hybridized carbons (Fsp3) is 0.632. The van der Waals surface area contributed by atoms with Crippen LogP contribution in [0.4, 0.5) is 0 Å². The van der Waals surface area contributed by atoms with E-state index in [1.807, 2.05) is 24.3 Å². The van der Waals surface area contributed by atoms with Gasteiger partial charge in [-0.2, -0.15) is 0 Å². The Balaban J connectivity index is -0.000000550. The second-order valence-electron chi connectivity index (χ2n) is 4.94. The van der Waals surface area contributed by atoms with E-state index in [9.17, 15) is 4.79 Å². The number of nitrogens with two attached hydrogens (primary N) is 1. The number of carbonyl (C=O) groups is 1. The first-order valence-electron chi connectivity index (χ1n) is 7.85. The van der Waals surface area contributed by atoms with E-state index in [4.69, 9.17) is 10.5 Å². The van der Waals surface area contributed by atoms with E-state index in [1.165, 1.54) is 13.5 Å². The van der Waals surface area contributed by atoms with Gasteiger partial charge in [-0.1, -0.05) is 39.8 Å². The lowest BCUT2D eigenvalue weighted by atomic mass is 9.94. The van der Waals surface area contributed by atoms with Crippen molar-refractivity contribution in [1.29, 1.82) is 0 Å². The summed E-state index contributed by atoms with van der Waals surface area (Å²) in [6.45, 7) is 4.77. The Hall–Kier alpha value is -1.59. The van der Waals surface area contributed by atoms with Gasteiger partial charge in [0.15, 0.2) is 0 Å². The van der Waals surface area contributed by atoms with Crippen LogP contribution in [0.15, 0.2) is 24.3 Å². The van der Waals surface area contributed by atoms with E-state index >= 15 is 0 Å². The molecule has 24 heavy (non-hydrogen) atoms. The van der Waals surface area contributed by atoms with E-state index in [0.717, 1.165) is 11.3 Å².